The van der Waals surface area contributed by atoms with Crippen molar-refractivity contribution in [1.82, 2.24) is 9.55 Å². The van der Waals surface area contributed by atoms with Gasteiger partial charge in [-0.25, -0.2) is 4.79 Å². The van der Waals surface area contributed by atoms with Crippen LogP contribution in [0.2, 0.25) is 0 Å². The Labute approximate surface area is 115 Å². The lowest BCUT2D eigenvalue weighted by molar-refractivity contribution is -0.207. The smallest absolute Gasteiger partial charge is 0.382 e. The third-order valence-corrected chi connectivity index (χ3v) is 4.00. The molecular weight excluding hydrogens is 353 g/mol. The summed E-state index contributed by atoms with van der Waals surface area (Å²) in [6.45, 7) is -0.973. The van der Waals surface area contributed by atoms with E-state index in [1.54, 1.807) is 0 Å². The molecule has 0 spiro atoms. The maximum atomic E-state index is 12.3. The highest BCUT2D eigenvalue weighted by atomic mass is 79.9. The first-order valence-electron chi connectivity index (χ1n) is 4.87. The summed E-state index contributed by atoms with van der Waals surface area (Å²) < 4.78 is 38.2. The van der Waals surface area contributed by atoms with Crippen molar-refractivity contribution in [2.24, 2.45) is 0 Å². The van der Waals surface area contributed by atoms with E-state index < -0.39 is 30.1 Å². The highest BCUT2D eigenvalue weighted by molar-refractivity contribution is 9.11. The fraction of sp³-hybridized carbons (Fsp3) is 0.333. The van der Waals surface area contributed by atoms with Crippen LogP contribution in [0.3, 0.4) is 0 Å². The molecule has 0 aliphatic rings. The second-order valence-corrected chi connectivity index (χ2v) is 6.12. The standard InChI is InChI=1S/C9H6BrF3N2O3S/c10-5-1-3-6(19-5)7(17)14-8(18)15(3)2-4(16)9(11,12)13/h1,4,16H,2H2,(H,14,17,18). The molecule has 0 saturated carbocycles. The zero-order valence-electron chi connectivity index (χ0n) is 8.99. The maximum absolute atomic E-state index is 12.3. The van der Waals surface area contributed by atoms with E-state index in [4.69, 9.17) is 5.11 Å². The molecule has 0 aliphatic heterocycles. The van der Waals surface area contributed by atoms with Crippen LogP contribution in [0.25, 0.3) is 10.2 Å². The van der Waals surface area contributed by atoms with Gasteiger partial charge in [0, 0.05) is 0 Å². The predicted octanol–water partition coefficient (Wildman–Crippen LogP) is 1.44. The Kier molecular flexibility index (Phi) is 3.58. The summed E-state index contributed by atoms with van der Waals surface area (Å²) in [6.07, 6.45) is -7.52. The number of fused-ring (bicyclic) bond motifs is 1. The van der Waals surface area contributed by atoms with Gasteiger partial charge in [-0.2, -0.15) is 13.2 Å². The van der Waals surface area contributed by atoms with E-state index in [2.05, 4.69) is 15.9 Å². The van der Waals surface area contributed by atoms with Gasteiger partial charge in [0.25, 0.3) is 5.56 Å². The third kappa shape index (κ3) is 2.74. The Hall–Kier alpha value is -1.13. The molecular formula is C9H6BrF3N2O3S. The van der Waals surface area contributed by atoms with Gasteiger partial charge in [-0.3, -0.25) is 14.3 Å². The number of nitrogens with zero attached hydrogens (tertiary/aromatic N) is 1. The summed E-state index contributed by atoms with van der Waals surface area (Å²) in [6, 6.07) is 1.36. The number of hydrogen-bond acceptors (Lipinski definition) is 4. The SMILES string of the molecule is O=c1[nH]c(=O)n(CC(O)C(F)(F)F)c2cc(Br)sc12. The van der Waals surface area contributed by atoms with E-state index in [9.17, 15) is 22.8 Å². The molecule has 0 saturated heterocycles. The van der Waals surface area contributed by atoms with E-state index in [1.165, 1.54) is 6.07 Å². The van der Waals surface area contributed by atoms with Crippen LogP contribution in [0, 0.1) is 0 Å². The number of aromatic nitrogens is 2. The number of alkyl halides is 3. The summed E-state index contributed by atoms with van der Waals surface area (Å²) in [5, 5.41) is 9.01. The Balaban J connectivity index is 2.60. The number of thiophene rings is 1. The van der Waals surface area contributed by atoms with Gasteiger partial charge in [-0.15, -0.1) is 11.3 Å². The Morgan fingerprint density at radius 2 is 2.11 bits per heavy atom. The van der Waals surface area contributed by atoms with Crippen molar-refractivity contribution in [2.45, 2.75) is 18.8 Å². The zero-order chi connectivity index (χ0) is 14.4. The van der Waals surface area contributed by atoms with Crippen LogP contribution >= 0.6 is 27.3 Å². The van der Waals surface area contributed by atoms with Crippen LogP contribution in [0.1, 0.15) is 0 Å². The summed E-state index contributed by atoms with van der Waals surface area (Å²) in [7, 11) is 0. The van der Waals surface area contributed by atoms with E-state index in [-0.39, 0.29) is 10.2 Å². The van der Waals surface area contributed by atoms with E-state index >= 15 is 0 Å². The molecule has 19 heavy (non-hydrogen) atoms. The molecule has 0 fully saturated rings. The van der Waals surface area contributed by atoms with Crippen LogP contribution in [-0.4, -0.2) is 26.9 Å². The number of aliphatic hydroxyl groups excluding tert-OH is 1. The number of rotatable bonds is 2. The predicted molar refractivity (Wildman–Crippen MR) is 66.5 cm³/mol. The van der Waals surface area contributed by atoms with Gasteiger partial charge in [0.1, 0.15) is 4.70 Å². The third-order valence-electron chi connectivity index (χ3n) is 2.38. The van der Waals surface area contributed by atoms with Crippen molar-refractivity contribution in [3.8, 4) is 0 Å². The molecule has 5 nitrogen and oxygen atoms in total. The summed E-state index contributed by atoms with van der Waals surface area (Å²) in [4.78, 5) is 24.9. The molecule has 104 valence electrons. The first kappa shape index (κ1) is 14.3. The lowest BCUT2D eigenvalue weighted by Gasteiger charge is -2.16. The summed E-state index contributed by atoms with van der Waals surface area (Å²) in [5.74, 6) is 0. The second kappa shape index (κ2) is 4.76. The summed E-state index contributed by atoms with van der Waals surface area (Å²) in [5.41, 5.74) is -1.62. The van der Waals surface area contributed by atoms with Gasteiger partial charge in [-0.05, 0) is 22.0 Å². The molecule has 0 aromatic carbocycles. The quantitative estimate of drug-likeness (QED) is 0.852. The fourth-order valence-corrected chi connectivity index (χ4v) is 2.99. The van der Waals surface area contributed by atoms with E-state index in [1.807, 2.05) is 4.98 Å². The molecule has 2 heterocycles. The molecule has 1 atom stereocenters. The lowest BCUT2D eigenvalue weighted by atomic mass is 10.3. The minimum Gasteiger partial charge on any atom is -0.382 e. The molecule has 2 aromatic rings. The monoisotopic (exact) mass is 358 g/mol. The Morgan fingerprint density at radius 1 is 1.47 bits per heavy atom. The lowest BCUT2D eigenvalue weighted by Crippen LogP contribution is -2.38. The van der Waals surface area contributed by atoms with Crippen molar-refractivity contribution in [2.75, 3.05) is 0 Å². The van der Waals surface area contributed by atoms with E-state index in [0.29, 0.717) is 8.35 Å². The number of nitrogens with one attached hydrogen (secondary N) is 1. The zero-order valence-corrected chi connectivity index (χ0v) is 11.4. The first-order chi connectivity index (χ1) is 8.70. The largest absolute Gasteiger partial charge is 0.416 e. The molecule has 1 unspecified atom stereocenters. The summed E-state index contributed by atoms with van der Waals surface area (Å²) >= 11 is 4.08. The van der Waals surface area contributed by atoms with Gasteiger partial charge in [0.2, 0.25) is 0 Å². The van der Waals surface area contributed by atoms with Crippen LogP contribution in [0.15, 0.2) is 19.4 Å². The van der Waals surface area contributed by atoms with Crippen molar-refractivity contribution in [3.63, 3.8) is 0 Å². The number of aliphatic hydroxyl groups is 1. The van der Waals surface area contributed by atoms with Crippen molar-refractivity contribution in [3.05, 3.63) is 30.7 Å². The first-order valence-corrected chi connectivity index (χ1v) is 6.48. The van der Waals surface area contributed by atoms with Crippen LogP contribution in [0.5, 0.6) is 0 Å². The molecule has 0 aliphatic carbocycles. The molecule has 2 N–H and O–H groups in total. The molecule has 0 bridgehead atoms. The molecule has 0 radical (unpaired) electrons. The number of H-pyrrole nitrogens is 1. The molecule has 10 heteroatoms. The number of hydrogen-bond donors (Lipinski definition) is 2. The number of halogens is 4. The van der Waals surface area contributed by atoms with Gasteiger partial charge in [0.05, 0.1) is 15.8 Å². The second-order valence-electron chi connectivity index (χ2n) is 3.69. The molecule has 2 rings (SSSR count). The van der Waals surface area contributed by atoms with Crippen LogP contribution in [-0.2, 0) is 6.54 Å². The van der Waals surface area contributed by atoms with Gasteiger partial charge >= 0.3 is 11.9 Å². The molecule has 0 amide bonds. The highest BCUT2D eigenvalue weighted by Gasteiger charge is 2.38. The van der Waals surface area contributed by atoms with Gasteiger partial charge in [0.15, 0.2) is 6.10 Å². The normalized spacial score (nSPS) is 13.9. The minimum absolute atomic E-state index is 0.0499. The Bertz CT molecular complexity index is 733. The fourth-order valence-electron chi connectivity index (χ4n) is 1.50. The number of aromatic amines is 1. The average molecular weight is 359 g/mol. The Morgan fingerprint density at radius 3 is 2.68 bits per heavy atom. The molecule has 2 aromatic heterocycles. The average Bonchev–Trinajstić information content (AvgIpc) is 2.65. The van der Waals surface area contributed by atoms with Crippen LogP contribution < -0.4 is 11.2 Å². The van der Waals surface area contributed by atoms with Gasteiger partial charge in [-0.1, -0.05) is 0 Å². The minimum atomic E-state index is -4.84. The van der Waals surface area contributed by atoms with Crippen LogP contribution in [0.4, 0.5) is 13.2 Å². The van der Waals surface area contributed by atoms with Crippen molar-refractivity contribution < 1.29 is 18.3 Å². The van der Waals surface area contributed by atoms with Gasteiger partial charge < -0.3 is 5.11 Å². The highest BCUT2D eigenvalue weighted by Crippen LogP contribution is 2.27. The van der Waals surface area contributed by atoms with Crippen molar-refractivity contribution in [1.29, 1.82) is 0 Å². The van der Waals surface area contributed by atoms with Crippen molar-refractivity contribution >= 4 is 37.5 Å². The van der Waals surface area contributed by atoms with E-state index in [0.717, 1.165) is 11.3 Å². The topological polar surface area (TPSA) is 75.1 Å². The maximum Gasteiger partial charge on any atom is 0.416 e.